The van der Waals surface area contributed by atoms with Crippen molar-refractivity contribution >= 4 is 5.69 Å². The summed E-state index contributed by atoms with van der Waals surface area (Å²) < 4.78 is 4.46. The number of anilines is 1. The van der Waals surface area contributed by atoms with Gasteiger partial charge in [-0.2, -0.15) is 0 Å². The molecule has 1 aromatic heterocycles. The molecule has 1 aliphatic carbocycles. The summed E-state index contributed by atoms with van der Waals surface area (Å²) in [7, 11) is 0. The Morgan fingerprint density at radius 1 is 1.19 bits per heavy atom. The SMILES string of the molecule is CC.CC1CCC(C[n+]2ccn(-c3ccc(N)cc3)c2)C1. The van der Waals surface area contributed by atoms with Gasteiger partial charge in [0.2, 0.25) is 6.33 Å². The lowest BCUT2D eigenvalue weighted by Gasteiger charge is -2.05. The normalized spacial score (nSPS) is 20.9. The Kier molecular flexibility index (Phi) is 5.43. The third kappa shape index (κ3) is 4.10. The van der Waals surface area contributed by atoms with Gasteiger partial charge in [0.15, 0.2) is 0 Å². The van der Waals surface area contributed by atoms with Crippen LogP contribution in [0, 0.1) is 11.8 Å². The van der Waals surface area contributed by atoms with Crippen LogP contribution < -0.4 is 10.3 Å². The minimum Gasteiger partial charge on any atom is -0.399 e. The first-order chi connectivity index (χ1) is 10.2. The molecule has 1 heterocycles. The molecule has 0 saturated heterocycles. The first kappa shape index (κ1) is 15.6. The number of nitrogen functional groups attached to an aromatic ring is 1. The Bertz CT molecular complexity index is 542. The van der Waals surface area contributed by atoms with E-state index in [0.29, 0.717) is 0 Å². The van der Waals surface area contributed by atoms with E-state index >= 15 is 0 Å². The molecule has 1 saturated carbocycles. The van der Waals surface area contributed by atoms with Crippen LogP contribution in [0.4, 0.5) is 5.69 Å². The van der Waals surface area contributed by atoms with E-state index in [0.717, 1.165) is 29.8 Å². The molecule has 1 aromatic carbocycles. The second kappa shape index (κ2) is 7.30. The maximum Gasteiger partial charge on any atom is 0.248 e. The zero-order chi connectivity index (χ0) is 15.2. The van der Waals surface area contributed by atoms with Crippen LogP contribution in [-0.2, 0) is 6.54 Å². The average Bonchev–Trinajstić information content (AvgIpc) is 3.12. The Labute approximate surface area is 128 Å². The molecular formula is C18H28N3+. The third-order valence-corrected chi connectivity index (χ3v) is 4.16. The maximum absolute atomic E-state index is 5.72. The highest BCUT2D eigenvalue weighted by atomic mass is 15.1. The predicted octanol–water partition coefficient (Wildman–Crippen LogP) is 3.81. The molecule has 0 radical (unpaired) electrons. The summed E-state index contributed by atoms with van der Waals surface area (Å²) in [5.41, 5.74) is 7.69. The van der Waals surface area contributed by atoms with Crippen LogP contribution in [0.25, 0.3) is 5.69 Å². The van der Waals surface area contributed by atoms with Crippen LogP contribution in [0.5, 0.6) is 0 Å². The Morgan fingerprint density at radius 3 is 2.52 bits per heavy atom. The molecule has 1 aliphatic rings. The van der Waals surface area contributed by atoms with E-state index in [-0.39, 0.29) is 0 Å². The lowest BCUT2D eigenvalue weighted by atomic mass is 10.1. The van der Waals surface area contributed by atoms with Crippen LogP contribution in [0.1, 0.15) is 40.0 Å². The number of hydrogen-bond donors (Lipinski definition) is 1. The quantitative estimate of drug-likeness (QED) is 0.676. The minimum atomic E-state index is 0.809. The third-order valence-electron chi connectivity index (χ3n) is 4.16. The van der Waals surface area contributed by atoms with E-state index < -0.39 is 0 Å². The standard InChI is InChI=1S/C16H22N3.C2H6/c1-13-2-3-14(10-13)11-18-8-9-19(12-18)16-6-4-15(17)5-7-16;1-2/h4-9,12-14H,2-3,10-11,17H2,1H3;1-2H3/q+1;. The van der Waals surface area contributed by atoms with Gasteiger partial charge in [0.05, 0.1) is 6.54 Å². The summed E-state index contributed by atoms with van der Waals surface area (Å²) in [5.74, 6) is 1.76. The highest BCUT2D eigenvalue weighted by Crippen LogP contribution is 2.30. The first-order valence-electron chi connectivity index (χ1n) is 8.13. The molecule has 0 bridgehead atoms. The molecule has 0 spiro atoms. The van der Waals surface area contributed by atoms with E-state index in [1.54, 1.807) is 0 Å². The topological polar surface area (TPSA) is 34.8 Å². The lowest BCUT2D eigenvalue weighted by molar-refractivity contribution is -0.702. The fraction of sp³-hybridized carbons (Fsp3) is 0.500. The fourth-order valence-electron chi connectivity index (χ4n) is 3.09. The van der Waals surface area contributed by atoms with E-state index in [1.165, 1.54) is 19.3 Å². The number of imidazole rings is 1. The number of nitrogens with zero attached hydrogens (tertiary/aromatic N) is 2. The second-order valence-corrected chi connectivity index (χ2v) is 5.89. The summed E-state index contributed by atoms with van der Waals surface area (Å²) >= 11 is 0. The second-order valence-electron chi connectivity index (χ2n) is 5.89. The molecular weight excluding hydrogens is 258 g/mol. The molecule has 3 rings (SSSR count). The fourth-order valence-corrected chi connectivity index (χ4v) is 3.09. The molecule has 3 nitrogen and oxygen atoms in total. The van der Waals surface area contributed by atoms with Crippen molar-refractivity contribution in [3.05, 3.63) is 43.0 Å². The van der Waals surface area contributed by atoms with Gasteiger partial charge in [0, 0.05) is 5.69 Å². The van der Waals surface area contributed by atoms with Crippen molar-refractivity contribution in [1.82, 2.24) is 4.57 Å². The van der Waals surface area contributed by atoms with E-state index in [1.807, 2.05) is 26.0 Å². The Morgan fingerprint density at radius 2 is 1.90 bits per heavy atom. The largest absolute Gasteiger partial charge is 0.399 e. The highest BCUT2D eigenvalue weighted by molar-refractivity contribution is 5.44. The van der Waals surface area contributed by atoms with Crippen LogP contribution in [0.3, 0.4) is 0 Å². The molecule has 21 heavy (non-hydrogen) atoms. The molecule has 2 atom stereocenters. The zero-order valence-electron chi connectivity index (χ0n) is 13.5. The van der Waals surface area contributed by atoms with Gasteiger partial charge < -0.3 is 5.73 Å². The number of hydrogen-bond acceptors (Lipinski definition) is 1. The summed E-state index contributed by atoms with van der Waals surface area (Å²) in [5, 5.41) is 0. The highest BCUT2D eigenvalue weighted by Gasteiger charge is 2.23. The Hall–Kier alpha value is -1.77. The summed E-state index contributed by atoms with van der Waals surface area (Å²) in [6.45, 7) is 7.51. The summed E-state index contributed by atoms with van der Waals surface area (Å²) in [6.07, 6.45) is 10.6. The molecule has 0 amide bonds. The molecule has 114 valence electrons. The number of nitrogens with two attached hydrogens (primary N) is 1. The molecule has 3 heteroatoms. The lowest BCUT2D eigenvalue weighted by Crippen LogP contribution is -2.34. The summed E-state index contributed by atoms with van der Waals surface area (Å²) in [6, 6.07) is 7.99. The van der Waals surface area contributed by atoms with Crippen molar-refractivity contribution in [3.63, 3.8) is 0 Å². The van der Waals surface area contributed by atoms with Crippen molar-refractivity contribution < 1.29 is 4.57 Å². The van der Waals surface area contributed by atoms with E-state index in [2.05, 4.69) is 46.9 Å². The molecule has 2 aromatic rings. The molecule has 1 fully saturated rings. The van der Waals surface area contributed by atoms with Crippen molar-refractivity contribution in [1.29, 1.82) is 0 Å². The zero-order valence-corrected chi connectivity index (χ0v) is 13.5. The van der Waals surface area contributed by atoms with Gasteiger partial charge in [-0.3, -0.25) is 0 Å². The van der Waals surface area contributed by atoms with Gasteiger partial charge in [-0.25, -0.2) is 9.13 Å². The smallest absolute Gasteiger partial charge is 0.248 e. The van der Waals surface area contributed by atoms with Crippen molar-refractivity contribution in [2.24, 2.45) is 11.8 Å². The van der Waals surface area contributed by atoms with Gasteiger partial charge >= 0.3 is 0 Å². The maximum atomic E-state index is 5.72. The molecule has 2 N–H and O–H groups in total. The van der Waals surface area contributed by atoms with Crippen LogP contribution in [0.2, 0.25) is 0 Å². The van der Waals surface area contributed by atoms with Crippen LogP contribution in [-0.4, -0.2) is 4.57 Å². The number of rotatable bonds is 3. The van der Waals surface area contributed by atoms with Gasteiger partial charge in [0.1, 0.15) is 18.1 Å². The van der Waals surface area contributed by atoms with Crippen molar-refractivity contribution in [2.75, 3.05) is 5.73 Å². The first-order valence-corrected chi connectivity index (χ1v) is 8.13. The van der Waals surface area contributed by atoms with E-state index in [9.17, 15) is 0 Å². The van der Waals surface area contributed by atoms with Crippen molar-refractivity contribution in [3.8, 4) is 5.69 Å². The van der Waals surface area contributed by atoms with Crippen LogP contribution >= 0.6 is 0 Å². The Balaban J connectivity index is 0.000000774. The average molecular weight is 286 g/mol. The van der Waals surface area contributed by atoms with E-state index in [4.69, 9.17) is 5.73 Å². The molecule has 2 unspecified atom stereocenters. The van der Waals surface area contributed by atoms with Crippen LogP contribution in [0.15, 0.2) is 43.0 Å². The monoisotopic (exact) mass is 286 g/mol. The van der Waals surface area contributed by atoms with Gasteiger partial charge in [0.25, 0.3) is 0 Å². The molecule has 0 aliphatic heterocycles. The number of aromatic nitrogens is 2. The van der Waals surface area contributed by atoms with Gasteiger partial charge in [-0.15, -0.1) is 0 Å². The number of benzene rings is 1. The predicted molar refractivity (Wildman–Crippen MR) is 88.2 cm³/mol. The van der Waals surface area contributed by atoms with Gasteiger partial charge in [-0.1, -0.05) is 27.2 Å². The summed E-state index contributed by atoms with van der Waals surface area (Å²) in [4.78, 5) is 0. The minimum absolute atomic E-state index is 0.809. The van der Waals surface area contributed by atoms with Gasteiger partial charge in [-0.05, 0) is 48.9 Å². The van der Waals surface area contributed by atoms with Crippen molar-refractivity contribution in [2.45, 2.75) is 46.6 Å².